The smallest absolute Gasteiger partial charge is 0.0462 e. The lowest BCUT2D eigenvalue weighted by Crippen LogP contribution is -1.84. The molecule has 2 rings (SSSR count). The van der Waals surface area contributed by atoms with Crippen molar-refractivity contribution in [1.82, 2.24) is 4.98 Å². The molecule has 0 saturated carbocycles. The summed E-state index contributed by atoms with van der Waals surface area (Å²) in [4.78, 5) is 3.35. The molecule has 1 aromatic carbocycles. The van der Waals surface area contributed by atoms with Crippen LogP contribution in [0.1, 0.15) is 30.0 Å². The highest BCUT2D eigenvalue weighted by Gasteiger charge is 2.05. The van der Waals surface area contributed by atoms with Crippen LogP contribution in [-0.2, 0) is 6.42 Å². The molecule has 0 aliphatic heterocycles. The van der Waals surface area contributed by atoms with E-state index in [4.69, 9.17) is 0 Å². The molecular weight excluding hydrogens is 170 g/mol. The van der Waals surface area contributed by atoms with Crippen molar-refractivity contribution in [3.05, 3.63) is 35.0 Å². The van der Waals surface area contributed by atoms with Crippen LogP contribution in [0.15, 0.2) is 18.3 Å². The van der Waals surface area contributed by atoms with Gasteiger partial charge in [0.05, 0.1) is 0 Å². The number of nitrogens with one attached hydrogen (secondary N) is 1. The Labute approximate surface area is 85.1 Å². The summed E-state index contributed by atoms with van der Waals surface area (Å²) in [5.74, 6) is 0. The fraction of sp³-hybridized carbons (Fsp3) is 0.385. The van der Waals surface area contributed by atoms with E-state index in [2.05, 4.69) is 44.1 Å². The Morgan fingerprint density at radius 3 is 2.71 bits per heavy atom. The van der Waals surface area contributed by atoms with Gasteiger partial charge in [-0.3, -0.25) is 0 Å². The average Bonchev–Trinajstić information content (AvgIpc) is 2.49. The van der Waals surface area contributed by atoms with Crippen LogP contribution in [0.25, 0.3) is 10.9 Å². The molecule has 1 N–H and O–H groups in total. The van der Waals surface area contributed by atoms with Gasteiger partial charge in [-0.2, -0.15) is 0 Å². The second-order valence-corrected chi connectivity index (χ2v) is 4.07. The summed E-state index contributed by atoms with van der Waals surface area (Å²) in [7, 11) is 0. The van der Waals surface area contributed by atoms with Crippen LogP contribution in [0.3, 0.4) is 0 Å². The third kappa shape index (κ3) is 1.43. The Balaban J connectivity index is 2.66. The van der Waals surface area contributed by atoms with Crippen molar-refractivity contribution in [2.24, 2.45) is 0 Å². The monoisotopic (exact) mass is 187 g/mol. The average molecular weight is 187 g/mol. The number of fused-ring (bicyclic) bond motifs is 1. The Morgan fingerprint density at radius 2 is 2.00 bits per heavy atom. The van der Waals surface area contributed by atoms with E-state index in [1.807, 2.05) is 0 Å². The lowest BCUT2D eigenvalue weighted by Gasteiger charge is -2.02. The van der Waals surface area contributed by atoms with Crippen LogP contribution in [0, 0.1) is 13.8 Å². The maximum Gasteiger partial charge on any atom is 0.0462 e. The summed E-state index contributed by atoms with van der Waals surface area (Å²) in [6.45, 7) is 6.57. The predicted octanol–water partition coefficient (Wildman–Crippen LogP) is 3.74. The molecule has 0 aliphatic rings. The Morgan fingerprint density at radius 1 is 1.21 bits per heavy atom. The Bertz CT molecular complexity index is 451. The number of H-pyrrole nitrogens is 1. The summed E-state index contributed by atoms with van der Waals surface area (Å²) >= 11 is 0. The van der Waals surface area contributed by atoms with E-state index < -0.39 is 0 Å². The van der Waals surface area contributed by atoms with Crippen LogP contribution in [0.5, 0.6) is 0 Å². The summed E-state index contributed by atoms with van der Waals surface area (Å²) in [6.07, 6.45) is 4.53. The van der Waals surface area contributed by atoms with Crippen molar-refractivity contribution in [3.8, 4) is 0 Å². The SMILES string of the molecule is CCCc1c[nH]c2cc(C)cc(C)c12. The van der Waals surface area contributed by atoms with Crippen molar-refractivity contribution in [2.75, 3.05) is 0 Å². The molecule has 0 saturated heterocycles. The standard InChI is InChI=1S/C13H17N/c1-4-5-11-8-14-12-7-9(2)6-10(3)13(11)12/h6-8,14H,4-5H2,1-3H3. The molecule has 1 nitrogen and oxygen atoms in total. The highest BCUT2D eigenvalue weighted by molar-refractivity contribution is 5.87. The molecule has 0 unspecified atom stereocenters. The van der Waals surface area contributed by atoms with Crippen molar-refractivity contribution in [1.29, 1.82) is 0 Å². The van der Waals surface area contributed by atoms with Crippen LogP contribution in [0.2, 0.25) is 0 Å². The quantitative estimate of drug-likeness (QED) is 0.737. The van der Waals surface area contributed by atoms with Crippen LogP contribution < -0.4 is 0 Å². The van der Waals surface area contributed by atoms with E-state index in [0.29, 0.717) is 0 Å². The first kappa shape index (κ1) is 9.32. The molecule has 74 valence electrons. The largest absolute Gasteiger partial charge is 0.361 e. The van der Waals surface area contributed by atoms with Gasteiger partial charge in [0.25, 0.3) is 0 Å². The first-order valence-electron chi connectivity index (χ1n) is 5.29. The second kappa shape index (κ2) is 3.49. The normalized spacial score (nSPS) is 11.1. The molecule has 0 atom stereocenters. The number of hydrogen-bond acceptors (Lipinski definition) is 0. The van der Waals surface area contributed by atoms with Crippen molar-refractivity contribution >= 4 is 10.9 Å². The lowest BCUT2D eigenvalue weighted by atomic mass is 10.0. The van der Waals surface area contributed by atoms with Gasteiger partial charge in [0.2, 0.25) is 0 Å². The van der Waals surface area contributed by atoms with E-state index in [0.717, 1.165) is 0 Å². The molecule has 0 radical (unpaired) electrons. The molecular formula is C13H17N. The topological polar surface area (TPSA) is 15.8 Å². The highest BCUT2D eigenvalue weighted by atomic mass is 14.7. The summed E-state index contributed by atoms with van der Waals surface area (Å²) in [5.41, 5.74) is 5.47. The van der Waals surface area contributed by atoms with Gasteiger partial charge >= 0.3 is 0 Å². The molecule has 0 fully saturated rings. The zero-order valence-electron chi connectivity index (χ0n) is 9.15. The van der Waals surface area contributed by atoms with Crippen LogP contribution >= 0.6 is 0 Å². The van der Waals surface area contributed by atoms with Gasteiger partial charge in [-0.1, -0.05) is 19.4 Å². The summed E-state index contributed by atoms with van der Waals surface area (Å²) < 4.78 is 0. The molecule has 14 heavy (non-hydrogen) atoms. The number of hydrogen-bond donors (Lipinski definition) is 1. The molecule has 0 amide bonds. The number of rotatable bonds is 2. The molecule has 0 spiro atoms. The van der Waals surface area contributed by atoms with E-state index in [9.17, 15) is 0 Å². The van der Waals surface area contributed by atoms with Crippen molar-refractivity contribution < 1.29 is 0 Å². The summed E-state index contributed by atoms with van der Waals surface area (Å²) in [5, 5.41) is 1.43. The maximum atomic E-state index is 3.35. The van der Waals surface area contributed by atoms with E-state index >= 15 is 0 Å². The minimum absolute atomic E-state index is 1.17. The Kier molecular flexibility index (Phi) is 2.32. The lowest BCUT2D eigenvalue weighted by molar-refractivity contribution is 0.928. The minimum atomic E-state index is 1.17. The maximum absolute atomic E-state index is 3.35. The predicted molar refractivity (Wildman–Crippen MR) is 61.8 cm³/mol. The zero-order chi connectivity index (χ0) is 10.1. The fourth-order valence-corrected chi connectivity index (χ4v) is 2.21. The second-order valence-electron chi connectivity index (χ2n) is 4.07. The molecule has 1 aromatic heterocycles. The van der Waals surface area contributed by atoms with Gasteiger partial charge in [-0.25, -0.2) is 0 Å². The number of aryl methyl sites for hydroxylation is 3. The zero-order valence-corrected chi connectivity index (χ0v) is 9.15. The molecule has 0 bridgehead atoms. The highest BCUT2D eigenvalue weighted by Crippen LogP contribution is 2.24. The third-order valence-corrected chi connectivity index (χ3v) is 2.72. The van der Waals surface area contributed by atoms with Crippen molar-refractivity contribution in [3.63, 3.8) is 0 Å². The molecule has 1 heterocycles. The van der Waals surface area contributed by atoms with Gasteiger partial charge < -0.3 is 4.98 Å². The molecule has 0 aliphatic carbocycles. The number of aromatic nitrogens is 1. The van der Waals surface area contributed by atoms with Gasteiger partial charge in [-0.05, 0) is 43.0 Å². The first-order valence-corrected chi connectivity index (χ1v) is 5.29. The van der Waals surface area contributed by atoms with Crippen LogP contribution in [0.4, 0.5) is 0 Å². The van der Waals surface area contributed by atoms with Gasteiger partial charge in [0.15, 0.2) is 0 Å². The third-order valence-electron chi connectivity index (χ3n) is 2.72. The molecule has 2 aromatic rings. The number of benzene rings is 1. The summed E-state index contributed by atoms with van der Waals surface area (Å²) in [6, 6.07) is 4.48. The number of aromatic amines is 1. The van der Waals surface area contributed by atoms with Gasteiger partial charge in [-0.15, -0.1) is 0 Å². The van der Waals surface area contributed by atoms with E-state index in [1.54, 1.807) is 0 Å². The Hall–Kier alpha value is -1.24. The van der Waals surface area contributed by atoms with Gasteiger partial charge in [0.1, 0.15) is 0 Å². The fourth-order valence-electron chi connectivity index (χ4n) is 2.21. The first-order chi connectivity index (χ1) is 6.72. The van der Waals surface area contributed by atoms with E-state index in [1.165, 1.54) is 40.4 Å². The van der Waals surface area contributed by atoms with Crippen LogP contribution in [-0.4, -0.2) is 4.98 Å². The minimum Gasteiger partial charge on any atom is -0.361 e. The van der Waals surface area contributed by atoms with E-state index in [-0.39, 0.29) is 0 Å². The molecule has 1 heteroatoms. The van der Waals surface area contributed by atoms with Gasteiger partial charge in [0, 0.05) is 17.1 Å². The van der Waals surface area contributed by atoms with Crippen molar-refractivity contribution in [2.45, 2.75) is 33.6 Å².